The van der Waals surface area contributed by atoms with Crippen LogP contribution in [0.5, 0.6) is 0 Å². The summed E-state index contributed by atoms with van der Waals surface area (Å²) < 4.78 is 0. The van der Waals surface area contributed by atoms with E-state index in [9.17, 15) is 5.21 Å². The van der Waals surface area contributed by atoms with E-state index in [1.54, 1.807) is 0 Å². The third kappa shape index (κ3) is 4.09. The van der Waals surface area contributed by atoms with Gasteiger partial charge in [-0.05, 0) is 13.3 Å². The van der Waals surface area contributed by atoms with E-state index in [1.165, 1.54) is 0 Å². The fourth-order valence-corrected chi connectivity index (χ4v) is 0.493. The second-order valence-corrected chi connectivity index (χ2v) is 1.88. The zero-order valence-electron chi connectivity index (χ0n) is 5.68. The lowest BCUT2D eigenvalue weighted by Crippen LogP contribution is -2.17. The minimum absolute atomic E-state index is 0.625. The maximum Gasteiger partial charge on any atom is 0.0271 e. The van der Waals surface area contributed by atoms with Gasteiger partial charge in [-0.25, -0.2) is 0 Å². The maximum absolute atomic E-state index is 10.5. The van der Waals surface area contributed by atoms with Crippen LogP contribution in [0.15, 0.2) is 0 Å². The summed E-state index contributed by atoms with van der Waals surface area (Å²) >= 11 is 0. The molecule has 0 aromatic rings. The molecule has 8 heavy (non-hydrogen) atoms. The van der Waals surface area contributed by atoms with Gasteiger partial charge in [-0.1, -0.05) is 13.3 Å². The van der Waals surface area contributed by atoms with Gasteiger partial charge in [-0.3, -0.25) is 0 Å². The van der Waals surface area contributed by atoms with Gasteiger partial charge < -0.3 is 0 Å². The highest BCUT2D eigenvalue weighted by Gasteiger charge is 1.93. The van der Waals surface area contributed by atoms with Gasteiger partial charge in [0, 0.05) is 13.1 Å². The van der Waals surface area contributed by atoms with E-state index in [0.717, 1.165) is 17.9 Å². The first-order valence-corrected chi connectivity index (χ1v) is 3.23. The van der Waals surface area contributed by atoms with Gasteiger partial charge >= 0.3 is 0 Å². The first-order chi connectivity index (χ1) is 3.81. The number of hydroxylamine groups is 2. The Morgan fingerprint density at radius 1 is 1.38 bits per heavy atom. The van der Waals surface area contributed by atoms with E-state index in [-0.39, 0.29) is 0 Å². The lowest BCUT2D eigenvalue weighted by atomic mass is 10.3. The fourth-order valence-electron chi connectivity index (χ4n) is 0.493. The molecule has 0 heterocycles. The van der Waals surface area contributed by atoms with Crippen molar-refractivity contribution in [3.8, 4) is 0 Å². The molecule has 0 aliphatic rings. The smallest absolute Gasteiger partial charge is 0.0271 e. The van der Waals surface area contributed by atoms with Crippen molar-refractivity contribution in [3.05, 3.63) is 0 Å². The average Bonchev–Trinajstić information content (AvgIpc) is 1.83. The number of nitrogens with zero attached hydrogens (tertiary/aromatic N) is 1. The SMILES string of the molecule is CCCCN([O])CC. The molecule has 0 aliphatic heterocycles. The molecule has 1 radical (unpaired) electrons. The highest BCUT2D eigenvalue weighted by Crippen LogP contribution is 1.89. The van der Waals surface area contributed by atoms with Crippen molar-refractivity contribution in [1.29, 1.82) is 0 Å². The molecule has 0 unspecified atom stereocenters. The van der Waals surface area contributed by atoms with E-state index in [4.69, 9.17) is 0 Å². The molecule has 0 N–H and O–H groups in total. The summed E-state index contributed by atoms with van der Waals surface area (Å²) in [6.45, 7) is 5.29. The van der Waals surface area contributed by atoms with Crippen LogP contribution in [0, 0.1) is 0 Å². The summed E-state index contributed by atoms with van der Waals surface area (Å²) in [4.78, 5) is 0. The molecule has 0 fully saturated rings. The van der Waals surface area contributed by atoms with Crippen LogP contribution in [-0.2, 0) is 5.21 Å². The van der Waals surface area contributed by atoms with Crippen molar-refractivity contribution in [2.24, 2.45) is 0 Å². The second-order valence-electron chi connectivity index (χ2n) is 1.88. The van der Waals surface area contributed by atoms with Gasteiger partial charge in [0.1, 0.15) is 0 Å². The molecule has 2 nitrogen and oxygen atoms in total. The number of rotatable bonds is 4. The van der Waals surface area contributed by atoms with Crippen molar-refractivity contribution in [3.63, 3.8) is 0 Å². The van der Waals surface area contributed by atoms with Gasteiger partial charge in [-0.2, -0.15) is 5.06 Å². The minimum Gasteiger partial charge on any atom is -0.155 e. The molecule has 2 heteroatoms. The average molecular weight is 116 g/mol. The van der Waals surface area contributed by atoms with Crippen molar-refractivity contribution >= 4 is 0 Å². The predicted octanol–water partition coefficient (Wildman–Crippen LogP) is 1.45. The van der Waals surface area contributed by atoms with Crippen LogP contribution in [0.4, 0.5) is 0 Å². The molecule has 0 spiro atoms. The van der Waals surface area contributed by atoms with Gasteiger partial charge in [-0.15, -0.1) is 5.21 Å². The Morgan fingerprint density at radius 2 is 2.00 bits per heavy atom. The van der Waals surface area contributed by atoms with Gasteiger partial charge in [0.25, 0.3) is 0 Å². The number of unbranched alkanes of at least 4 members (excludes halogenated alkanes) is 1. The largest absolute Gasteiger partial charge is 0.155 e. The van der Waals surface area contributed by atoms with Crippen molar-refractivity contribution < 1.29 is 5.21 Å². The van der Waals surface area contributed by atoms with Crippen molar-refractivity contribution in [2.45, 2.75) is 26.7 Å². The van der Waals surface area contributed by atoms with Crippen LogP contribution in [0.3, 0.4) is 0 Å². The summed E-state index contributed by atoms with van der Waals surface area (Å²) in [5.41, 5.74) is 0. The van der Waals surface area contributed by atoms with E-state index in [1.807, 2.05) is 6.92 Å². The Kier molecular flexibility index (Phi) is 5.01. The highest BCUT2D eigenvalue weighted by molar-refractivity contribution is 4.38. The second kappa shape index (κ2) is 5.06. The third-order valence-electron chi connectivity index (χ3n) is 1.11. The molecule has 0 rings (SSSR count). The Morgan fingerprint density at radius 3 is 2.38 bits per heavy atom. The van der Waals surface area contributed by atoms with Crippen LogP contribution >= 0.6 is 0 Å². The Labute approximate surface area is 51.1 Å². The molecule has 0 bridgehead atoms. The summed E-state index contributed by atoms with van der Waals surface area (Å²) in [6.07, 6.45) is 2.13. The summed E-state index contributed by atoms with van der Waals surface area (Å²) in [7, 11) is 0. The van der Waals surface area contributed by atoms with E-state index < -0.39 is 0 Å². The lowest BCUT2D eigenvalue weighted by Gasteiger charge is -2.05. The zero-order valence-corrected chi connectivity index (χ0v) is 5.68. The molecule has 0 aliphatic carbocycles. The summed E-state index contributed by atoms with van der Waals surface area (Å²) in [6, 6.07) is 0. The molecule has 0 atom stereocenters. The zero-order chi connectivity index (χ0) is 6.41. The molecule has 0 aromatic carbocycles. The number of hydrogen-bond donors (Lipinski definition) is 0. The number of hydrogen-bond acceptors (Lipinski definition) is 1. The molecular formula is C6H14NO. The van der Waals surface area contributed by atoms with Crippen LogP contribution in [0.1, 0.15) is 26.7 Å². The topological polar surface area (TPSA) is 23.1 Å². The standard InChI is InChI=1S/C6H14NO/c1-3-5-6-7(8)4-2/h3-6H2,1-2H3. The fraction of sp³-hybridized carbons (Fsp3) is 1.00. The molecule has 0 saturated carbocycles. The maximum atomic E-state index is 10.5. The highest BCUT2D eigenvalue weighted by atomic mass is 16.5. The van der Waals surface area contributed by atoms with Crippen molar-refractivity contribution in [2.75, 3.05) is 13.1 Å². The molecule has 0 saturated heterocycles. The van der Waals surface area contributed by atoms with Gasteiger partial charge in [0.15, 0.2) is 0 Å². The Hall–Kier alpha value is -0.0800. The van der Waals surface area contributed by atoms with Crippen molar-refractivity contribution in [1.82, 2.24) is 5.06 Å². The van der Waals surface area contributed by atoms with E-state index in [0.29, 0.717) is 13.1 Å². The third-order valence-corrected chi connectivity index (χ3v) is 1.11. The van der Waals surface area contributed by atoms with Crippen LogP contribution in [0.2, 0.25) is 0 Å². The summed E-state index contributed by atoms with van der Waals surface area (Å²) in [5.74, 6) is 0. The van der Waals surface area contributed by atoms with Crippen LogP contribution in [-0.4, -0.2) is 18.2 Å². The lowest BCUT2D eigenvalue weighted by molar-refractivity contribution is -0.153. The molecule has 49 valence electrons. The Balaban J connectivity index is 2.86. The molecule has 0 amide bonds. The Bertz CT molecular complexity index is 47.8. The van der Waals surface area contributed by atoms with E-state index in [2.05, 4.69) is 6.92 Å². The molecular weight excluding hydrogens is 102 g/mol. The summed E-state index contributed by atoms with van der Waals surface area (Å²) in [5, 5.41) is 11.6. The first kappa shape index (κ1) is 7.92. The minimum atomic E-state index is 0.625. The van der Waals surface area contributed by atoms with Crippen LogP contribution in [0.25, 0.3) is 0 Å². The predicted molar refractivity (Wildman–Crippen MR) is 32.8 cm³/mol. The normalized spacial score (nSPS) is 10.5. The quantitative estimate of drug-likeness (QED) is 0.510. The van der Waals surface area contributed by atoms with Gasteiger partial charge in [0.05, 0.1) is 0 Å². The van der Waals surface area contributed by atoms with Crippen LogP contribution < -0.4 is 0 Å². The van der Waals surface area contributed by atoms with Gasteiger partial charge in [0.2, 0.25) is 0 Å². The molecule has 0 aromatic heterocycles. The first-order valence-electron chi connectivity index (χ1n) is 3.23. The monoisotopic (exact) mass is 116 g/mol. The van der Waals surface area contributed by atoms with E-state index >= 15 is 0 Å².